The average Bonchev–Trinajstić information content (AvgIpc) is 2.45. The lowest BCUT2D eigenvalue weighted by Gasteiger charge is -2.12. The number of nitrogens with two attached hydrogens (primary N) is 1. The number of rotatable bonds is 2. The van der Waals surface area contributed by atoms with Gasteiger partial charge in [-0.15, -0.1) is 0 Å². The Kier molecular flexibility index (Phi) is 3.55. The van der Waals surface area contributed by atoms with Gasteiger partial charge in [0.1, 0.15) is 0 Å². The number of oxime groups is 1. The van der Waals surface area contributed by atoms with Crippen LogP contribution in [0.15, 0.2) is 41.7 Å². The van der Waals surface area contributed by atoms with Gasteiger partial charge in [0.05, 0.1) is 11.3 Å². The first kappa shape index (κ1) is 13.8. The van der Waals surface area contributed by atoms with Crippen molar-refractivity contribution in [3.8, 4) is 11.3 Å². The molecule has 2 aromatic rings. The van der Waals surface area contributed by atoms with E-state index in [1.165, 1.54) is 30.5 Å². The van der Waals surface area contributed by atoms with Gasteiger partial charge in [-0.3, -0.25) is 0 Å². The molecular weight excluding hydrogens is 273 g/mol. The zero-order valence-electron chi connectivity index (χ0n) is 9.96. The van der Waals surface area contributed by atoms with Crippen LogP contribution < -0.4 is 5.73 Å². The van der Waals surface area contributed by atoms with Crippen molar-refractivity contribution >= 4 is 5.84 Å². The van der Waals surface area contributed by atoms with E-state index in [1.807, 2.05) is 0 Å². The molecule has 0 saturated heterocycles. The standard InChI is InChI=1S/C12H9F3N4O/c13-12(14,15)8-4-2-1-3-7(8)9-5-6-17-11(18-9)10(16)19-20/h1-6,20H,(H2,16,19). The molecule has 0 bridgehead atoms. The van der Waals surface area contributed by atoms with Gasteiger partial charge in [0.2, 0.25) is 5.84 Å². The van der Waals surface area contributed by atoms with Crippen LogP contribution in [0.1, 0.15) is 11.4 Å². The Bertz CT molecular complexity index is 655. The monoisotopic (exact) mass is 282 g/mol. The summed E-state index contributed by atoms with van der Waals surface area (Å²) in [5.41, 5.74) is 4.44. The molecule has 0 fully saturated rings. The Hall–Kier alpha value is -2.64. The summed E-state index contributed by atoms with van der Waals surface area (Å²) in [5.74, 6) is -0.529. The lowest BCUT2D eigenvalue weighted by molar-refractivity contribution is -0.137. The largest absolute Gasteiger partial charge is 0.417 e. The van der Waals surface area contributed by atoms with Gasteiger partial charge in [0, 0.05) is 11.8 Å². The van der Waals surface area contributed by atoms with Crippen LogP contribution in [0.2, 0.25) is 0 Å². The van der Waals surface area contributed by atoms with Gasteiger partial charge in [0.15, 0.2) is 5.82 Å². The summed E-state index contributed by atoms with van der Waals surface area (Å²) in [6, 6.07) is 6.33. The first-order chi connectivity index (χ1) is 9.43. The molecule has 0 saturated carbocycles. The molecule has 20 heavy (non-hydrogen) atoms. The highest BCUT2D eigenvalue weighted by Crippen LogP contribution is 2.36. The van der Waals surface area contributed by atoms with Crippen LogP contribution in [0.4, 0.5) is 13.2 Å². The van der Waals surface area contributed by atoms with Crippen molar-refractivity contribution < 1.29 is 18.4 Å². The molecular formula is C12H9F3N4O. The summed E-state index contributed by atoms with van der Waals surface area (Å²) < 4.78 is 38.8. The third-order valence-corrected chi connectivity index (χ3v) is 2.50. The number of halogens is 3. The van der Waals surface area contributed by atoms with E-state index in [-0.39, 0.29) is 22.9 Å². The predicted octanol–water partition coefficient (Wildman–Crippen LogP) is 2.26. The molecule has 0 aliphatic rings. The first-order valence-corrected chi connectivity index (χ1v) is 5.41. The Morgan fingerprint density at radius 1 is 1.20 bits per heavy atom. The third-order valence-electron chi connectivity index (χ3n) is 2.50. The number of nitrogens with zero attached hydrogens (tertiary/aromatic N) is 3. The van der Waals surface area contributed by atoms with Gasteiger partial charge >= 0.3 is 6.18 Å². The van der Waals surface area contributed by atoms with Gasteiger partial charge in [-0.05, 0) is 12.1 Å². The van der Waals surface area contributed by atoms with Crippen molar-refractivity contribution in [2.24, 2.45) is 10.9 Å². The molecule has 1 aromatic heterocycles. The van der Waals surface area contributed by atoms with Crippen LogP contribution in [0.25, 0.3) is 11.3 Å². The third kappa shape index (κ3) is 2.68. The fourth-order valence-corrected chi connectivity index (χ4v) is 1.63. The summed E-state index contributed by atoms with van der Waals surface area (Å²) in [6.45, 7) is 0. The fourth-order valence-electron chi connectivity index (χ4n) is 1.63. The van der Waals surface area contributed by atoms with Crippen LogP contribution in [-0.2, 0) is 6.18 Å². The van der Waals surface area contributed by atoms with Crippen molar-refractivity contribution in [1.29, 1.82) is 0 Å². The number of amidine groups is 1. The van der Waals surface area contributed by atoms with Gasteiger partial charge < -0.3 is 10.9 Å². The highest BCUT2D eigenvalue weighted by Gasteiger charge is 2.33. The van der Waals surface area contributed by atoms with E-state index in [9.17, 15) is 13.2 Å². The molecule has 8 heteroatoms. The first-order valence-electron chi connectivity index (χ1n) is 5.41. The van der Waals surface area contributed by atoms with Crippen LogP contribution in [0.5, 0.6) is 0 Å². The van der Waals surface area contributed by atoms with Crippen LogP contribution in [0, 0.1) is 0 Å². The molecule has 0 radical (unpaired) electrons. The number of aromatic nitrogens is 2. The molecule has 104 valence electrons. The highest BCUT2D eigenvalue weighted by molar-refractivity contribution is 5.93. The molecule has 5 nitrogen and oxygen atoms in total. The van der Waals surface area contributed by atoms with E-state index >= 15 is 0 Å². The minimum absolute atomic E-state index is 0.0366. The minimum atomic E-state index is -4.50. The maximum absolute atomic E-state index is 12.9. The van der Waals surface area contributed by atoms with E-state index < -0.39 is 11.7 Å². The molecule has 2 rings (SSSR count). The zero-order chi connectivity index (χ0) is 14.8. The second-order valence-corrected chi connectivity index (χ2v) is 3.79. The number of alkyl halides is 3. The fraction of sp³-hybridized carbons (Fsp3) is 0.0833. The van der Waals surface area contributed by atoms with Gasteiger partial charge in [0.25, 0.3) is 0 Å². The quantitative estimate of drug-likeness (QED) is 0.383. The van der Waals surface area contributed by atoms with Crippen LogP contribution >= 0.6 is 0 Å². The summed E-state index contributed by atoms with van der Waals surface area (Å²) in [6.07, 6.45) is -3.26. The molecule has 0 aliphatic heterocycles. The van der Waals surface area contributed by atoms with Crippen molar-refractivity contribution in [2.75, 3.05) is 0 Å². The van der Waals surface area contributed by atoms with Crippen LogP contribution in [0.3, 0.4) is 0 Å². The summed E-state index contributed by atoms with van der Waals surface area (Å²) in [4.78, 5) is 7.58. The molecule has 1 aromatic carbocycles. The predicted molar refractivity (Wildman–Crippen MR) is 65.0 cm³/mol. The smallest absolute Gasteiger partial charge is 0.409 e. The van der Waals surface area contributed by atoms with Crippen molar-refractivity contribution in [3.63, 3.8) is 0 Å². The minimum Gasteiger partial charge on any atom is -0.409 e. The Morgan fingerprint density at radius 2 is 1.90 bits per heavy atom. The van der Waals surface area contributed by atoms with E-state index in [4.69, 9.17) is 10.9 Å². The molecule has 0 atom stereocenters. The number of hydrogen-bond donors (Lipinski definition) is 2. The van der Waals surface area contributed by atoms with Crippen molar-refractivity contribution in [3.05, 3.63) is 47.9 Å². The molecule has 0 amide bonds. The van der Waals surface area contributed by atoms with E-state index in [0.717, 1.165) is 6.07 Å². The second-order valence-electron chi connectivity index (χ2n) is 3.79. The van der Waals surface area contributed by atoms with Gasteiger partial charge in [-0.2, -0.15) is 13.2 Å². The topological polar surface area (TPSA) is 84.4 Å². The summed E-state index contributed by atoms with van der Waals surface area (Å²) in [7, 11) is 0. The Labute approximate surface area is 111 Å². The zero-order valence-corrected chi connectivity index (χ0v) is 9.96. The molecule has 0 spiro atoms. The second kappa shape index (κ2) is 5.16. The van der Waals surface area contributed by atoms with E-state index in [1.54, 1.807) is 0 Å². The van der Waals surface area contributed by atoms with Gasteiger partial charge in [-0.1, -0.05) is 23.4 Å². The normalized spacial score (nSPS) is 12.4. The Morgan fingerprint density at radius 3 is 2.55 bits per heavy atom. The van der Waals surface area contributed by atoms with E-state index in [0.29, 0.717) is 0 Å². The van der Waals surface area contributed by atoms with Crippen molar-refractivity contribution in [2.45, 2.75) is 6.18 Å². The average molecular weight is 282 g/mol. The summed E-state index contributed by atoms with van der Waals surface area (Å²) >= 11 is 0. The Balaban J connectivity index is 2.58. The van der Waals surface area contributed by atoms with Crippen LogP contribution in [-0.4, -0.2) is 21.0 Å². The highest BCUT2D eigenvalue weighted by atomic mass is 19.4. The SMILES string of the molecule is N/C(=N\O)c1nccc(-c2ccccc2C(F)(F)F)n1. The molecule has 1 heterocycles. The van der Waals surface area contributed by atoms with E-state index in [2.05, 4.69) is 15.1 Å². The maximum atomic E-state index is 12.9. The number of benzene rings is 1. The lowest BCUT2D eigenvalue weighted by atomic mass is 10.0. The van der Waals surface area contributed by atoms with Gasteiger partial charge in [-0.25, -0.2) is 9.97 Å². The maximum Gasteiger partial charge on any atom is 0.417 e. The molecule has 0 unspecified atom stereocenters. The summed E-state index contributed by atoms with van der Waals surface area (Å²) in [5, 5.41) is 11.2. The molecule has 3 N–H and O–H groups in total. The van der Waals surface area contributed by atoms with Crippen molar-refractivity contribution in [1.82, 2.24) is 9.97 Å². The lowest BCUT2D eigenvalue weighted by Crippen LogP contribution is -2.17. The number of hydrogen-bond acceptors (Lipinski definition) is 4. The molecule has 0 aliphatic carbocycles.